The average Bonchev–Trinajstić information content (AvgIpc) is 3.10. The van der Waals surface area contributed by atoms with E-state index >= 15 is 0 Å². The van der Waals surface area contributed by atoms with Crippen LogP contribution in [0, 0.1) is 10.1 Å². The number of benzene rings is 2. The minimum atomic E-state index is -0.644. The van der Waals surface area contributed by atoms with Crippen LogP contribution in [0.25, 0.3) is 6.08 Å². The summed E-state index contributed by atoms with van der Waals surface area (Å²) in [4.78, 5) is 49.0. The van der Waals surface area contributed by atoms with Crippen molar-refractivity contribution >= 4 is 57.8 Å². The summed E-state index contributed by atoms with van der Waals surface area (Å²) < 4.78 is 0.522. The number of nitro groups is 1. The summed E-state index contributed by atoms with van der Waals surface area (Å²) in [7, 11) is 0. The molecular formula is C23H22N4O5S2. The number of amides is 3. The predicted molar refractivity (Wildman–Crippen MR) is 133 cm³/mol. The molecule has 0 saturated carbocycles. The van der Waals surface area contributed by atoms with Gasteiger partial charge in [0.15, 0.2) is 0 Å². The molecule has 11 heteroatoms. The monoisotopic (exact) mass is 498 g/mol. The third-order valence-electron chi connectivity index (χ3n) is 4.89. The number of non-ortho nitro benzene ring substituents is 1. The SMILES string of the molecule is O=C(CCCCCN1C(=O)C(=Cc2ccccc2)SC1=S)NNC(=O)c1cccc([N+](=O)[O-])c1. The molecule has 0 unspecified atom stereocenters. The van der Waals surface area contributed by atoms with Crippen LogP contribution < -0.4 is 10.9 Å². The lowest BCUT2D eigenvalue weighted by atomic mass is 10.2. The van der Waals surface area contributed by atoms with E-state index in [0.29, 0.717) is 35.0 Å². The Morgan fingerprint density at radius 3 is 2.56 bits per heavy atom. The molecule has 0 spiro atoms. The minimum absolute atomic E-state index is 0.0688. The number of carbonyl (C=O) groups is 3. The summed E-state index contributed by atoms with van der Waals surface area (Å²) in [6, 6.07) is 14.8. The van der Waals surface area contributed by atoms with Gasteiger partial charge in [-0.25, -0.2) is 0 Å². The van der Waals surface area contributed by atoms with Crippen LogP contribution in [-0.4, -0.2) is 38.4 Å². The average molecular weight is 499 g/mol. The first-order valence-electron chi connectivity index (χ1n) is 10.5. The van der Waals surface area contributed by atoms with Gasteiger partial charge in [-0.1, -0.05) is 66.8 Å². The normalized spacial score (nSPS) is 14.4. The van der Waals surface area contributed by atoms with Crippen LogP contribution in [0.4, 0.5) is 5.69 Å². The molecule has 9 nitrogen and oxygen atoms in total. The van der Waals surface area contributed by atoms with Gasteiger partial charge in [-0.05, 0) is 30.5 Å². The Morgan fingerprint density at radius 2 is 1.82 bits per heavy atom. The van der Waals surface area contributed by atoms with E-state index in [1.165, 1.54) is 30.0 Å². The summed E-state index contributed by atoms with van der Waals surface area (Å²) in [5, 5.41) is 10.8. The first kappa shape index (κ1) is 25.1. The third kappa shape index (κ3) is 6.96. The smallest absolute Gasteiger partial charge is 0.270 e. The second-order valence-corrected chi connectivity index (χ2v) is 9.04. The number of nitrogens with one attached hydrogen (secondary N) is 2. The van der Waals surface area contributed by atoms with Crippen LogP contribution >= 0.6 is 24.0 Å². The maximum Gasteiger partial charge on any atom is 0.270 e. The Bertz CT molecular complexity index is 1140. The van der Waals surface area contributed by atoms with Gasteiger partial charge >= 0.3 is 0 Å². The van der Waals surface area contributed by atoms with Crippen LogP contribution in [0.3, 0.4) is 0 Å². The number of nitrogens with zero attached hydrogens (tertiary/aromatic N) is 2. The molecule has 176 valence electrons. The second kappa shape index (κ2) is 12.1. The highest BCUT2D eigenvalue weighted by Crippen LogP contribution is 2.32. The molecule has 1 heterocycles. The van der Waals surface area contributed by atoms with Crippen molar-refractivity contribution in [3.8, 4) is 0 Å². The number of nitro benzene ring substituents is 1. The lowest BCUT2D eigenvalue weighted by Crippen LogP contribution is -2.41. The number of hydrogen-bond acceptors (Lipinski definition) is 7. The Morgan fingerprint density at radius 1 is 1.06 bits per heavy atom. The Balaban J connectivity index is 1.36. The van der Waals surface area contributed by atoms with Crippen molar-refractivity contribution in [1.29, 1.82) is 0 Å². The van der Waals surface area contributed by atoms with Crippen molar-refractivity contribution in [2.75, 3.05) is 6.54 Å². The van der Waals surface area contributed by atoms with Crippen molar-refractivity contribution in [2.24, 2.45) is 0 Å². The van der Waals surface area contributed by atoms with Gasteiger partial charge in [0.2, 0.25) is 5.91 Å². The minimum Gasteiger partial charge on any atom is -0.293 e. The van der Waals surface area contributed by atoms with E-state index in [9.17, 15) is 24.5 Å². The largest absolute Gasteiger partial charge is 0.293 e. The fourth-order valence-corrected chi connectivity index (χ4v) is 4.46. The van der Waals surface area contributed by atoms with E-state index in [4.69, 9.17) is 12.2 Å². The van der Waals surface area contributed by atoms with Crippen LogP contribution in [0.15, 0.2) is 59.5 Å². The number of thioether (sulfide) groups is 1. The zero-order valence-electron chi connectivity index (χ0n) is 18.1. The third-order valence-corrected chi connectivity index (χ3v) is 6.27. The van der Waals surface area contributed by atoms with E-state index < -0.39 is 10.8 Å². The van der Waals surface area contributed by atoms with Crippen molar-refractivity contribution < 1.29 is 19.3 Å². The van der Waals surface area contributed by atoms with Gasteiger partial charge in [-0.2, -0.15) is 0 Å². The highest BCUT2D eigenvalue weighted by molar-refractivity contribution is 8.26. The van der Waals surface area contributed by atoms with Gasteiger partial charge in [-0.3, -0.25) is 40.2 Å². The molecular weight excluding hydrogens is 476 g/mol. The fourth-order valence-electron chi connectivity index (χ4n) is 3.15. The van der Waals surface area contributed by atoms with Crippen molar-refractivity contribution in [1.82, 2.24) is 15.8 Å². The standard InChI is InChI=1S/C23H22N4O5S2/c28-20(24-25-21(29)17-10-7-11-18(15-17)27(31)32)12-5-2-6-13-26-22(30)19(34-23(26)33)14-16-8-3-1-4-9-16/h1,3-4,7-11,14-15H,2,5-6,12-13H2,(H,24,28)(H,25,29). The van der Waals surface area contributed by atoms with Crippen molar-refractivity contribution in [3.63, 3.8) is 0 Å². The van der Waals surface area contributed by atoms with Gasteiger partial charge in [-0.15, -0.1) is 0 Å². The molecule has 1 saturated heterocycles. The molecule has 0 bridgehead atoms. The Labute approximate surface area is 205 Å². The maximum atomic E-state index is 12.6. The van der Waals surface area contributed by atoms with E-state index in [1.54, 1.807) is 4.90 Å². The number of thiocarbonyl (C=S) groups is 1. The maximum absolute atomic E-state index is 12.6. The highest BCUT2D eigenvalue weighted by atomic mass is 32.2. The predicted octanol–water partition coefficient (Wildman–Crippen LogP) is 3.82. The topological polar surface area (TPSA) is 122 Å². The summed E-state index contributed by atoms with van der Waals surface area (Å²) in [5.74, 6) is -1.13. The van der Waals surface area contributed by atoms with Gasteiger partial charge in [0.25, 0.3) is 17.5 Å². The van der Waals surface area contributed by atoms with Crippen molar-refractivity contribution in [3.05, 3.63) is 80.7 Å². The molecule has 34 heavy (non-hydrogen) atoms. The first-order valence-corrected chi connectivity index (χ1v) is 11.7. The molecule has 3 rings (SSSR count). The molecule has 1 fully saturated rings. The quantitative estimate of drug-likeness (QED) is 0.177. The van der Waals surface area contributed by atoms with E-state index in [0.717, 1.165) is 11.6 Å². The zero-order chi connectivity index (χ0) is 24.5. The number of hydrazine groups is 1. The molecule has 0 aromatic heterocycles. The summed E-state index contributed by atoms with van der Waals surface area (Å²) >= 11 is 6.62. The molecule has 0 atom stereocenters. The van der Waals surface area contributed by atoms with Crippen LogP contribution in [0.1, 0.15) is 41.6 Å². The fraction of sp³-hybridized carbons (Fsp3) is 0.217. The van der Waals surface area contributed by atoms with Gasteiger partial charge in [0.05, 0.1) is 9.83 Å². The second-order valence-electron chi connectivity index (χ2n) is 7.36. The molecule has 0 radical (unpaired) electrons. The van der Waals surface area contributed by atoms with Gasteiger partial charge < -0.3 is 0 Å². The Hall–Kier alpha value is -3.57. The number of carbonyl (C=O) groups excluding carboxylic acids is 3. The Kier molecular flexibility index (Phi) is 8.88. The molecule has 2 N–H and O–H groups in total. The summed E-state index contributed by atoms with van der Waals surface area (Å²) in [5.41, 5.74) is 5.34. The molecule has 0 aliphatic carbocycles. The van der Waals surface area contributed by atoms with E-state index in [1.807, 2.05) is 36.4 Å². The number of hydrogen-bond donors (Lipinski definition) is 2. The highest BCUT2D eigenvalue weighted by Gasteiger charge is 2.31. The molecule has 3 amide bonds. The molecule has 2 aromatic carbocycles. The number of unbranched alkanes of at least 4 members (excludes halogenated alkanes) is 2. The van der Waals surface area contributed by atoms with Crippen LogP contribution in [0.2, 0.25) is 0 Å². The molecule has 2 aromatic rings. The zero-order valence-corrected chi connectivity index (χ0v) is 19.7. The van der Waals surface area contributed by atoms with Crippen LogP contribution in [0.5, 0.6) is 0 Å². The summed E-state index contributed by atoms with van der Waals surface area (Å²) in [6.45, 7) is 0.474. The molecule has 1 aliphatic rings. The summed E-state index contributed by atoms with van der Waals surface area (Å²) in [6.07, 6.45) is 3.94. The van der Waals surface area contributed by atoms with Gasteiger partial charge in [0, 0.05) is 30.7 Å². The number of rotatable bonds is 9. The molecule has 1 aliphatic heterocycles. The van der Waals surface area contributed by atoms with Crippen molar-refractivity contribution in [2.45, 2.75) is 25.7 Å². The van der Waals surface area contributed by atoms with Crippen LogP contribution in [-0.2, 0) is 9.59 Å². The van der Waals surface area contributed by atoms with E-state index in [2.05, 4.69) is 10.9 Å². The van der Waals surface area contributed by atoms with E-state index in [-0.39, 0.29) is 29.5 Å². The lowest BCUT2D eigenvalue weighted by Gasteiger charge is -2.14. The first-order chi connectivity index (χ1) is 16.3. The lowest BCUT2D eigenvalue weighted by molar-refractivity contribution is -0.384. The van der Waals surface area contributed by atoms with Gasteiger partial charge in [0.1, 0.15) is 4.32 Å².